The number of methoxy groups -OCH3 is 6. The number of carboxylic acid groups (broad SMARTS) is 3. The summed E-state index contributed by atoms with van der Waals surface area (Å²) in [5, 5.41) is 29.0. The van der Waals surface area contributed by atoms with Crippen molar-refractivity contribution in [3.63, 3.8) is 0 Å². The maximum Gasteiger partial charge on any atom is 0.410 e. The summed E-state index contributed by atoms with van der Waals surface area (Å²) < 4.78 is 61.5. The average Bonchev–Trinajstić information content (AvgIpc) is 1.65. The van der Waals surface area contributed by atoms with Gasteiger partial charge in [0.2, 0.25) is 0 Å². The minimum absolute atomic E-state index is 0. The van der Waals surface area contributed by atoms with Crippen LogP contribution in [0.2, 0.25) is 0 Å². The van der Waals surface area contributed by atoms with Crippen molar-refractivity contribution in [2.24, 2.45) is 59.2 Å². The van der Waals surface area contributed by atoms with Crippen LogP contribution in [0, 0.1) is 59.2 Å². The van der Waals surface area contributed by atoms with Crippen molar-refractivity contribution in [1.29, 1.82) is 0 Å². The lowest BCUT2D eigenvalue weighted by Gasteiger charge is -2.24. The molecule has 7 heterocycles. The van der Waals surface area contributed by atoms with E-state index in [1.807, 2.05) is 81.4 Å². The maximum absolute atomic E-state index is 12.0. The van der Waals surface area contributed by atoms with Crippen molar-refractivity contribution in [3.05, 3.63) is 83.9 Å². The van der Waals surface area contributed by atoms with Crippen LogP contribution in [0.3, 0.4) is 0 Å². The van der Waals surface area contributed by atoms with Crippen molar-refractivity contribution in [3.8, 4) is 0 Å². The van der Waals surface area contributed by atoms with E-state index >= 15 is 0 Å². The molecule has 0 aromatic heterocycles. The second-order valence-electron chi connectivity index (χ2n) is 31.5. The first-order valence-electron chi connectivity index (χ1n) is 37.6. The number of likely N-dealkylation sites (tertiary alicyclic amines) is 5. The number of carbonyl (C=O) groups is 18. The Morgan fingerprint density at radius 1 is 0.413 bits per heavy atom. The lowest BCUT2D eigenvalue weighted by atomic mass is 9.96. The molecule has 2 aromatic rings. The number of hydrogen-bond acceptors (Lipinski definition) is 33. The van der Waals surface area contributed by atoms with E-state index in [4.69, 9.17) is 48.5 Å². The van der Waals surface area contributed by atoms with Crippen LogP contribution in [0.5, 0.6) is 0 Å². The number of nitrogens with zero attached hydrogens (tertiary/aromatic N) is 5. The van der Waals surface area contributed by atoms with Crippen LogP contribution in [-0.2, 0) is 142 Å². The van der Waals surface area contributed by atoms with Crippen LogP contribution in [-0.4, -0.2) is 291 Å². The number of rotatable bonds is 14. The molecular weight excluding hydrogens is 1600 g/mol. The minimum Gasteiger partial charge on any atom is -0.481 e. The van der Waals surface area contributed by atoms with Crippen LogP contribution in [0.4, 0.5) is 19.2 Å². The zero-order valence-electron chi connectivity index (χ0n) is 71.3. The van der Waals surface area contributed by atoms with E-state index in [0.717, 1.165) is 28.2 Å². The Bertz CT molecular complexity index is 3780. The molecule has 0 radical (unpaired) electrons. The highest BCUT2D eigenvalue weighted by Crippen LogP contribution is 2.35. The molecule has 676 valence electrons. The van der Waals surface area contributed by atoms with Crippen LogP contribution in [0.15, 0.2) is 72.8 Å². The third kappa shape index (κ3) is 39.3. The Kier molecular flexibility index (Phi) is 44.5. The molecule has 2 aromatic carbocycles. The van der Waals surface area contributed by atoms with Gasteiger partial charge in [-0.1, -0.05) is 68.1 Å². The molecule has 7 aliphatic heterocycles. The third-order valence-corrected chi connectivity index (χ3v) is 17.3. The third-order valence-electron chi connectivity index (χ3n) is 17.3. The molecular formula is C81H118N6O34. The Morgan fingerprint density at radius 3 is 1.01 bits per heavy atom. The number of ether oxygens (including phenoxy) is 13. The molecule has 0 spiro atoms. The molecule has 7 aliphatic rings. The van der Waals surface area contributed by atoms with Crippen LogP contribution >= 0.6 is 0 Å². The van der Waals surface area contributed by atoms with Gasteiger partial charge in [0.05, 0.1) is 109 Å². The monoisotopic (exact) mass is 1720 g/mol. The molecule has 4 amide bonds. The second kappa shape index (κ2) is 50.3. The fourth-order valence-electron chi connectivity index (χ4n) is 11.9. The quantitative estimate of drug-likeness (QED) is 0.0774. The van der Waals surface area contributed by atoms with Gasteiger partial charge in [-0.15, -0.1) is 0 Å². The van der Waals surface area contributed by atoms with Crippen LogP contribution in [0.25, 0.3) is 0 Å². The molecule has 40 nitrogen and oxygen atoms in total. The average molecular weight is 1720 g/mol. The molecule has 40 heteroatoms. The first kappa shape index (κ1) is 107. The highest BCUT2D eigenvalue weighted by Gasteiger charge is 2.53. The van der Waals surface area contributed by atoms with E-state index in [0.29, 0.717) is 45.9 Å². The highest BCUT2D eigenvalue weighted by atomic mass is 16.6. The summed E-state index contributed by atoms with van der Waals surface area (Å²) in [6, 6.07) is 19.7. The maximum atomic E-state index is 12.0. The summed E-state index contributed by atoms with van der Waals surface area (Å²) in [4.78, 5) is 208. The fraction of sp³-hybridized carbons (Fsp3) is 0.605. The van der Waals surface area contributed by atoms with E-state index in [1.165, 1.54) is 66.3 Å². The number of cyclic esters (lactones) is 3. The summed E-state index contributed by atoms with van der Waals surface area (Å²) >= 11 is 0. The van der Waals surface area contributed by atoms with Gasteiger partial charge in [0.1, 0.15) is 22.4 Å². The molecule has 4 N–H and O–H groups in total. The van der Waals surface area contributed by atoms with Crippen molar-refractivity contribution in [1.82, 2.24) is 29.8 Å². The number of carbonyl (C=O) groups excluding carboxylic acids is 15. The van der Waals surface area contributed by atoms with Gasteiger partial charge in [-0.25, -0.2) is 28.8 Å². The highest BCUT2D eigenvalue weighted by molar-refractivity contribution is 5.98. The molecule has 10 atom stereocenters. The molecule has 7 fully saturated rings. The topological polar surface area (TPSA) is 516 Å². The number of benzene rings is 2. The number of aliphatic carboxylic acids is 3. The van der Waals surface area contributed by atoms with Crippen molar-refractivity contribution in [2.75, 3.05) is 121 Å². The fourth-order valence-corrected chi connectivity index (χ4v) is 11.9. The van der Waals surface area contributed by atoms with Gasteiger partial charge in [0.15, 0.2) is 0 Å². The molecule has 121 heavy (non-hydrogen) atoms. The molecule has 0 bridgehead atoms. The van der Waals surface area contributed by atoms with E-state index in [1.54, 1.807) is 67.2 Å². The number of esters is 11. The van der Waals surface area contributed by atoms with Gasteiger partial charge in [-0.05, 0) is 94.2 Å². The van der Waals surface area contributed by atoms with Gasteiger partial charge in [0.25, 0.3) is 0 Å². The first-order chi connectivity index (χ1) is 55.7. The smallest absolute Gasteiger partial charge is 0.410 e. The number of fused-ring (bicyclic) bond motifs is 2. The van der Waals surface area contributed by atoms with Crippen molar-refractivity contribution < 1.29 is 163 Å². The van der Waals surface area contributed by atoms with Crippen LogP contribution in [0.1, 0.15) is 115 Å². The standard InChI is InChI=1S/C15H19NO4.C13H21NO6.C11H17NO6.C11H15NO5.C11H17NO4.C9H11NO2.C6H8O4.C4H6O3.CH4/c1-19-14(17)12-9-16(10-13(12)15(18)20-2)8-11-6-4-3-5-7-11;1-13(2,3)20-12(17)14-6-8(10(15)18-4)9(7-14)11(16)19-5;1-11(2,3)18-10(17)12-4-6(8(13)14)7(5-12)9(15)16;1-11(2,3)17-10(15)12-4-6-7(5-12)9(14)16-8(6)13;1-11(2,3)16-10(14)12-4-7-6-15-9(13)8(7)5-12;11-9(12)7-10-6-8-4-2-1-3-5-8;1-9-5(7)3-4-6(8)10-2;1-3(5)7-4(2)6;/h3-7,12-13H,8-10H2,1-2H3;8-9H,6-7H2,1-5H3;6-7H,4-5H2,1-3H3,(H,13,14)(H,15,16);6-7H,4-5H2,1-3H3;7-8H,4-6H2,1-3H3;1-5,10H,6-7H2,(H,11,12);3-4H,1-2H3;1-2H3;1H4/b;;;;;;4-3-;;/t12-,13+;8-,9+;6-,7+;6-,7?;7-,8?;;;;/m...10..../s1. The Balaban J connectivity index is 0.000000701. The van der Waals surface area contributed by atoms with Gasteiger partial charge in [0, 0.05) is 110 Å². The summed E-state index contributed by atoms with van der Waals surface area (Å²) in [7, 11) is 7.63. The predicted octanol–water partition coefficient (Wildman–Crippen LogP) is 5.60. The zero-order valence-corrected chi connectivity index (χ0v) is 71.3. The first-order valence-corrected chi connectivity index (χ1v) is 37.6. The molecule has 9 rings (SSSR count). The molecule has 7 saturated heterocycles. The van der Waals surface area contributed by atoms with Gasteiger partial charge in [-0.3, -0.25) is 62.4 Å². The predicted molar refractivity (Wildman–Crippen MR) is 421 cm³/mol. The lowest BCUT2D eigenvalue weighted by molar-refractivity contribution is -0.157. The number of amides is 4. The minimum atomic E-state index is -1.21. The Morgan fingerprint density at radius 2 is 0.719 bits per heavy atom. The Hall–Kier alpha value is -11.8. The normalized spacial score (nSPS) is 20.9. The number of nitrogens with one attached hydrogen (secondary N) is 1. The van der Waals surface area contributed by atoms with E-state index in [2.05, 4.69) is 38.6 Å². The summed E-state index contributed by atoms with van der Waals surface area (Å²) in [6.45, 7) is 27.5. The SMILES string of the molecule is C.CC(=O)OC(C)=O.CC(C)(C)OC(=O)N1CC2C(=O)OC(=O)[C@@H]2C1.CC(C)(C)OC(=O)N1CC2C(=O)OC[C@@H]2C1.CC(C)(C)OC(=O)N1C[C@H](C(=O)O)[C@H](C(=O)O)C1.COC(=O)/C=C\C(=O)OC.COC(=O)[C@H]1CN(C(=O)OC(C)(C)C)C[C@H]1C(=O)OC.COC(=O)[C@H]1CN(Cc2ccccc2)C[C@H]1C(=O)OC.O=C(O)CNCc1ccccc1. The second-order valence-corrected chi connectivity index (χ2v) is 31.5. The van der Waals surface area contributed by atoms with Crippen LogP contribution < -0.4 is 5.32 Å². The zero-order chi connectivity index (χ0) is 91.5. The Labute approximate surface area is 702 Å². The van der Waals surface area contributed by atoms with Gasteiger partial charge in [-0.2, -0.15) is 0 Å². The summed E-state index contributed by atoms with van der Waals surface area (Å²) in [6.07, 6.45) is -0.0880. The van der Waals surface area contributed by atoms with E-state index in [9.17, 15) is 86.3 Å². The van der Waals surface area contributed by atoms with Crippen molar-refractivity contribution >= 4 is 108 Å². The van der Waals surface area contributed by atoms with Gasteiger partial charge < -0.3 is 102 Å². The summed E-state index contributed by atoms with van der Waals surface area (Å²) in [5.74, 6) is -14.1. The summed E-state index contributed by atoms with van der Waals surface area (Å²) in [5.41, 5.74) is -0.159. The number of carboxylic acids is 3. The molecule has 0 aliphatic carbocycles. The van der Waals surface area contributed by atoms with E-state index in [-0.39, 0.29) is 89.1 Å². The largest absolute Gasteiger partial charge is 0.481 e. The molecule has 2 unspecified atom stereocenters. The molecule has 0 saturated carbocycles. The van der Waals surface area contributed by atoms with E-state index < -0.39 is 154 Å². The lowest BCUT2D eigenvalue weighted by Crippen LogP contribution is -2.36. The van der Waals surface area contributed by atoms with Crippen molar-refractivity contribution in [2.45, 2.75) is 140 Å². The number of hydrogen-bond donors (Lipinski definition) is 4. The van der Waals surface area contributed by atoms with Gasteiger partial charge >= 0.3 is 108 Å².